The van der Waals surface area contributed by atoms with Crippen LogP contribution in [0.3, 0.4) is 0 Å². The molecule has 0 spiro atoms. The number of nitrogens with zero attached hydrogens (tertiary/aromatic N) is 1. The maximum absolute atomic E-state index is 12.4. The number of hydrogen-bond acceptors (Lipinski definition) is 7. The highest BCUT2D eigenvalue weighted by Gasteiger charge is 2.31. The lowest BCUT2D eigenvalue weighted by Crippen LogP contribution is -2.29. The van der Waals surface area contributed by atoms with E-state index in [9.17, 15) is 9.59 Å². The summed E-state index contributed by atoms with van der Waals surface area (Å²) in [5, 5.41) is 0. The molecule has 0 unspecified atom stereocenters. The summed E-state index contributed by atoms with van der Waals surface area (Å²) in [4.78, 5) is 24.8. The van der Waals surface area contributed by atoms with Gasteiger partial charge in [-0.2, -0.15) is 0 Å². The largest absolute Gasteiger partial charge is 0.493 e. The fraction of sp³-hybridized carbons (Fsp3) is 0.312. The first-order valence-corrected chi connectivity index (χ1v) is 8.27. The minimum Gasteiger partial charge on any atom is -0.493 e. The van der Waals surface area contributed by atoms with E-state index in [1.54, 1.807) is 18.2 Å². The number of hydrogen-bond donors (Lipinski definition) is 0. The van der Waals surface area contributed by atoms with E-state index in [2.05, 4.69) is 0 Å². The zero-order chi connectivity index (χ0) is 17.7. The summed E-state index contributed by atoms with van der Waals surface area (Å²) < 4.78 is 16.3. The molecule has 0 aromatic heterocycles. The van der Waals surface area contributed by atoms with Crippen LogP contribution in [0.5, 0.6) is 17.2 Å². The summed E-state index contributed by atoms with van der Waals surface area (Å²) in [5.41, 5.74) is 0.723. The molecule has 1 aromatic carbocycles. The SMILES string of the molecule is COc1cc(C=C2SC(=S)N(CCC=O)C2=O)cc(OC)c1OC. The quantitative estimate of drug-likeness (QED) is 0.417. The molecule has 24 heavy (non-hydrogen) atoms. The lowest BCUT2D eigenvalue weighted by Gasteiger charge is -2.13. The maximum atomic E-state index is 12.4. The molecule has 1 amide bonds. The predicted octanol–water partition coefficient (Wildman–Crippen LogP) is 2.50. The van der Waals surface area contributed by atoms with Gasteiger partial charge in [0.2, 0.25) is 5.75 Å². The standard InChI is InChI=1S/C16H17NO5S2/c1-20-11-7-10(8-12(21-2)14(11)22-3)9-13-15(19)17(5-4-6-18)16(23)24-13/h6-9H,4-5H2,1-3H3. The Kier molecular flexibility index (Phi) is 6.22. The molecule has 0 atom stereocenters. The van der Waals surface area contributed by atoms with Crippen molar-refractivity contribution in [2.45, 2.75) is 6.42 Å². The Bertz CT molecular complexity index is 677. The van der Waals surface area contributed by atoms with Crippen LogP contribution in [0.25, 0.3) is 6.08 Å². The summed E-state index contributed by atoms with van der Waals surface area (Å²) in [6.45, 7) is 0.292. The van der Waals surface area contributed by atoms with E-state index in [4.69, 9.17) is 26.4 Å². The van der Waals surface area contributed by atoms with Crippen molar-refractivity contribution in [1.82, 2.24) is 4.90 Å². The van der Waals surface area contributed by atoms with Gasteiger partial charge in [0, 0.05) is 13.0 Å². The van der Waals surface area contributed by atoms with E-state index < -0.39 is 0 Å². The average Bonchev–Trinajstić information content (AvgIpc) is 2.85. The molecule has 0 radical (unpaired) electrons. The zero-order valence-corrected chi connectivity index (χ0v) is 15.2. The number of methoxy groups -OCH3 is 3. The van der Waals surface area contributed by atoms with Crippen LogP contribution in [-0.4, -0.2) is 49.3 Å². The number of benzene rings is 1. The summed E-state index contributed by atoms with van der Waals surface area (Å²) in [5.74, 6) is 1.27. The van der Waals surface area contributed by atoms with Crippen molar-refractivity contribution in [3.8, 4) is 17.2 Å². The Balaban J connectivity index is 2.36. The second-order valence-electron chi connectivity index (χ2n) is 4.75. The van der Waals surface area contributed by atoms with E-state index in [0.29, 0.717) is 33.0 Å². The molecule has 128 valence electrons. The lowest BCUT2D eigenvalue weighted by molar-refractivity contribution is -0.122. The third-order valence-electron chi connectivity index (χ3n) is 3.33. The van der Waals surface area contributed by atoms with Crippen molar-refractivity contribution in [1.29, 1.82) is 0 Å². The minimum absolute atomic E-state index is 0.208. The maximum Gasteiger partial charge on any atom is 0.266 e. The molecular formula is C16H17NO5S2. The average molecular weight is 367 g/mol. The van der Waals surface area contributed by atoms with Crippen molar-refractivity contribution in [2.75, 3.05) is 27.9 Å². The van der Waals surface area contributed by atoms with Crippen LogP contribution in [0, 0.1) is 0 Å². The second-order valence-corrected chi connectivity index (χ2v) is 6.42. The Morgan fingerprint density at radius 2 is 1.79 bits per heavy atom. The lowest BCUT2D eigenvalue weighted by atomic mass is 10.1. The van der Waals surface area contributed by atoms with E-state index in [1.807, 2.05) is 0 Å². The molecule has 0 aliphatic carbocycles. The van der Waals surface area contributed by atoms with Gasteiger partial charge < -0.3 is 19.0 Å². The first-order valence-electron chi connectivity index (χ1n) is 7.04. The van der Waals surface area contributed by atoms with Crippen molar-refractivity contribution < 1.29 is 23.8 Å². The number of aldehydes is 1. The number of thiocarbonyl (C=S) groups is 1. The van der Waals surface area contributed by atoms with Gasteiger partial charge in [0.05, 0.1) is 26.2 Å². The van der Waals surface area contributed by atoms with Crippen molar-refractivity contribution >= 4 is 46.6 Å². The van der Waals surface area contributed by atoms with Crippen molar-refractivity contribution in [3.05, 3.63) is 22.6 Å². The fourth-order valence-corrected chi connectivity index (χ4v) is 3.52. The van der Waals surface area contributed by atoms with Crippen molar-refractivity contribution in [3.63, 3.8) is 0 Å². The molecular weight excluding hydrogens is 350 g/mol. The van der Waals surface area contributed by atoms with Crippen LogP contribution in [0.15, 0.2) is 17.0 Å². The Morgan fingerprint density at radius 1 is 1.17 bits per heavy atom. The molecule has 1 heterocycles. The van der Waals surface area contributed by atoms with Gasteiger partial charge >= 0.3 is 0 Å². The van der Waals surface area contributed by atoms with E-state index in [0.717, 1.165) is 11.8 Å². The molecule has 2 rings (SSSR count). The highest BCUT2D eigenvalue weighted by molar-refractivity contribution is 8.26. The normalized spacial score (nSPS) is 15.8. The molecule has 0 N–H and O–H groups in total. The number of thioether (sulfide) groups is 1. The third kappa shape index (κ3) is 3.70. The topological polar surface area (TPSA) is 65.1 Å². The summed E-state index contributed by atoms with van der Waals surface area (Å²) >= 11 is 6.41. The molecule has 1 aliphatic heterocycles. The van der Waals surface area contributed by atoms with E-state index in [-0.39, 0.29) is 12.3 Å². The zero-order valence-electron chi connectivity index (χ0n) is 13.5. The molecule has 1 aliphatic rings. The summed E-state index contributed by atoms with van der Waals surface area (Å²) in [6.07, 6.45) is 2.73. The smallest absolute Gasteiger partial charge is 0.266 e. The summed E-state index contributed by atoms with van der Waals surface area (Å²) in [6, 6.07) is 3.50. The first-order chi connectivity index (χ1) is 11.5. The number of carbonyl (C=O) groups is 2. The van der Waals surface area contributed by atoms with Gasteiger partial charge in [-0.1, -0.05) is 24.0 Å². The highest BCUT2D eigenvalue weighted by atomic mass is 32.2. The van der Waals surface area contributed by atoms with Gasteiger partial charge in [0.1, 0.15) is 10.6 Å². The molecule has 6 nitrogen and oxygen atoms in total. The van der Waals surface area contributed by atoms with E-state index >= 15 is 0 Å². The Hall–Kier alpha value is -2.06. The van der Waals surface area contributed by atoms with Crippen LogP contribution in [-0.2, 0) is 9.59 Å². The molecule has 1 aromatic rings. The monoisotopic (exact) mass is 367 g/mol. The number of rotatable bonds is 7. The molecule has 1 fully saturated rings. The Morgan fingerprint density at radius 3 is 2.29 bits per heavy atom. The molecule has 0 saturated carbocycles. The predicted molar refractivity (Wildman–Crippen MR) is 96.7 cm³/mol. The molecule has 8 heteroatoms. The van der Waals surface area contributed by atoms with Gasteiger partial charge in [-0.15, -0.1) is 0 Å². The van der Waals surface area contributed by atoms with Gasteiger partial charge in [0.25, 0.3) is 5.91 Å². The summed E-state index contributed by atoms with van der Waals surface area (Å²) in [7, 11) is 4.58. The van der Waals surface area contributed by atoms with Gasteiger partial charge in [0.15, 0.2) is 11.5 Å². The van der Waals surface area contributed by atoms with Crippen LogP contribution < -0.4 is 14.2 Å². The van der Waals surface area contributed by atoms with Crippen LogP contribution >= 0.6 is 24.0 Å². The van der Waals surface area contributed by atoms with Crippen LogP contribution in [0.1, 0.15) is 12.0 Å². The van der Waals surface area contributed by atoms with Gasteiger partial charge in [-0.05, 0) is 23.8 Å². The van der Waals surface area contributed by atoms with Gasteiger partial charge in [-0.25, -0.2) is 0 Å². The number of ether oxygens (including phenoxy) is 3. The number of carbonyl (C=O) groups excluding carboxylic acids is 2. The van der Waals surface area contributed by atoms with Crippen LogP contribution in [0.4, 0.5) is 0 Å². The van der Waals surface area contributed by atoms with Crippen LogP contribution in [0.2, 0.25) is 0 Å². The molecule has 1 saturated heterocycles. The molecule has 0 bridgehead atoms. The minimum atomic E-state index is -0.208. The first kappa shape index (κ1) is 18.3. The van der Waals surface area contributed by atoms with Crippen molar-refractivity contribution in [2.24, 2.45) is 0 Å². The highest BCUT2D eigenvalue weighted by Crippen LogP contribution is 2.40. The van der Waals surface area contributed by atoms with Gasteiger partial charge in [-0.3, -0.25) is 9.69 Å². The van der Waals surface area contributed by atoms with E-state index in [1.165, 1.54) is 38.0 Å². The fourth-order valence-electron chi connectivity index (χ4n) is 2.21. The second kappa shape index (κ2) is 8.16. The third-order valence-corrected chi connectivity index (χ3v) is 4.71. The number of amides is 1. The Labute approximate surface area is 149 Å².